The van der Waals surface area contributed by atoms with Crippen molar-refractivity contribution < 1.29 is 34.7 Å². The van der Waals surface area contributed by atoms with Gasteiger partial charge in [0, 0.05) is 86.4 Å². The van der Waals surface area contributed by atoms with Crippen LogP contribution in [0.4, 0.5) is 28.4 Å². The van der Waals surface area contributed by atoms with Gasteiger partial charge in [-0.2, -0.15) is 0 Å². The minimum absolute atomic E-state index is 0. The molecule has 0 aliphatic carbocycles. The molecule has 0 unspecified atom stereocenters. The molecule has 0 atom stereocenters. The van der Waals surface area contributed by atoms with Gasteiger partial charge in [-0.05, 0) is 147 Å². The minimum Gasteiger partial charge on any atom is -0.850 e. The maximum absolute atomic E-state index is 10.1. The molecule has 9 nitrogen and oxygen atoms in total. The van der Waals surface area contributed by atoms with Crippen LogP contribution < -0.4 is 44.9 Å². The zero-order chi connectivity index (χ0) is 70.5. The molecule has 2 aliphatic heterocycles. The first-order valence-corrected chi connectivity index (χ1v) is 38.0. The van der Waals surface area contributed by atoms with E-state index in [9.17, 15) is 5.11 Å². The van der Waals surface area contributed by atoms with Crippen molar-refractivity contribution in [3.8, 4) is 56.4 Å². The van der Waals surface area contributed by atoms with Crippen LogP contribution in [0.3, 0.4) is 0 Å². The number of imidazole rings is 2. The monoisotopic (exact) mass is 1480 g/mol. The second-order valence-electron chi connectivity index (χ2n) is 29.4. The number of thiophene rings is 2. The summed E-state index contributed by atoms with van der Waals surface area (Å²) in [5.41, 5.74) is 18.4. The zero-order valence-corrected chi connectivity index (χ0v) is 66.2. The van der Waals surface area contributed by atoms with Crippen molar-refractivity contribution >= 4 is 137 Å². The Kier molecular flexibility index (Phi) is 21.7. The quantitative estimate of drug-likeness (QED) is 0.135. The zero-order valence-electron chi connectivity index (χ0n) is 60.1. The van der Waals surface area contributed by atoms with Gasteiger partial charge in [0.05, 0.1) is 56.2 Å². The summed E-state index contributed by atoms with van der Waals surface area (Å²) in [6.45, 7) is 26.4. The second kappa shape index (κ2) is 30.2. The van der Waals surface area contributed by atoms with Gasteiger partial charge in [-0.25, -0.2) is 9.97 Å². The fraction of sp³-hybridized carbons (Fsp3) is 0.191. The van der Waals surface area contributed by atoms with E-state index in [1.54, 1.807) is 33.2 Å². The number of anilines is 5. The number of benzene rings is 10. The van der Waals surface area contributed by atoms with Gasteiger partial charge in [0.15, 0.2) is 0 Å². The van der Waals surface area contributed by atoms with Gasteiger partial charge in [-0.15, -0.1) is 28.3 Å². The van der Waals surface area contributed by atoms with Crippen LogP contribution in [0, 0.1) is 0 Å². The van der Waals surface area contributed by atoms with Crippen molar-refractivity contribution in [3.63, 3.8) is 0 Å². The predicted molar refractivity (Wildman–Crippen MR) is 444 cm³/mol. The molecular formula is C89H85BrN8NaOPS2. The SMILES string of the molecule is Brc1ccc(-c2cccc3c2sc2ccccc23)cc1.C.CC(C)(C)P(C(C)(C)C)C(C)(C)C.CC(C)(C)[O-].[Na+].c1ccc2c(c1)N(c1ccc(-c3cccc4c3sc3ccccc34)cc1)c1cccc3nc(-c4ccncc4)n-2c13.c1ccc2c(c1)Nc1cccc3nc(-c4ccncc4)n-2c13. The Morgan fingerprint density at radius 3 is 1.27 bits per heavy atom. The van der Waals surface area contributed by atoms with Crippen LogP contribution in [-0.4, -0.2) is 50.1 Å². The van der Waals surface area contributed by atoms with Crippen molar-refractivity contribution in [2.75, 3.05) is 10.2 Å². The Balaban J connectivity index is 0.000000137. The first kappa shape index (κ1) is 74.1. The van der Waals surface area contributed by atoms with Gasteiger partial charge < -0.3 is 15.3 Å². The van der Waals surface area contributed by atoms with E-state index in [1.165, 1.54) is 62.6 Å². The maximum atomic E-state index is 10.1. The summed E-state index contributed by atoms with van der Waals surface area (Å²) in [6, 6.07) is 85.6. The molecule has 0 amide bonds. The third-order valence-corrected chi connectivity index (χ3v) is 24.6. The number of rotatable bonds is 5. The Morgan fingerprint density at radius 2 is 0.777 bits per heavy atom. The number of hydrogen-bond acceptors (Lipinski definition) is 9. The number of fused-ring (bicyclic) bond motifs is 10. The first-order valence-electron chi connectivity index (χ1n) is 34.2. The molecule has 6 aromatic heterocycles. The summed E-state index contributed by atoms with van der Waals surface area (Å²) in [6.07, 6.45) is 7.25. The van der Waals surface area contributed by atoms with Crippen molar-refractivity contribution in [1.29, 1.82) is 0 Å². The third-order valence-electron chi connectivity index (χ3n) is 17.6. The largest absolute Gasteiger partial charge is 1.00 e. The molecule has 2 aliphatic rings. The number of nitrogens with one attached hydrogen (secondary N) is 1. The smallest absolute Gasteiger partial charge is 0.850 e. The summed E-state index contributed by atoms with van der Waals surface area (Å²) in [5.74, 6) is 1.87. The summed E-state index contributed by atoms with van der Waals surface area (Å²) in [4.78, 5) is 20.6. The fourth-order valence-corrected chi connectivity index (χ4v) is 23.7. The number of nitrogens with zero attached hydrogens (tertiary/aromatic N) is 7. The molecule has 0 saturated heterocycles. The normalized spacial score (nSPS) is 12.2. The molecule has 1 N–H and O–H groups in total. The molecule has 512 valence electrons. The summed E-state index contributed by atoms with van der Waals surface area (Å²) in [5, 5.41) is 20.3. The minimum atomic E-state index is -0.750. The Bertz CT molecular complexity index is 5630. The Morgan fingerprint density at radius 1 is 0.388 bits per heavy atom. The van der Waals surface area contributed by atoms with Gasteiger partial charge in [0.2, 0.25) is 0 Å². The number of halogens is 1. The Hall–Kier alpha value is -8.65. The van der Waals surface area contributed by atoms with Crippen LogP contribution >= 0.6 is 46.5 Å². The summed E-state index contributed by atoms with van der Waals surface area (Å²) >= 11 is 7.25. The molecular weight excluding hydrogens is 1400 g/mol. The van der Waals surface area contributed by atoms with E-state index in [2.05, 4.69) is 314 Å². The molecule has 18 rings (SSSR count). The number of para-hydroxylation sites is 6. The summed E-state index contributed by atoms with van der Waals surface area (Å²) in [7, 11) is 0.0162. The van der Waals surface area contributed by atoms with Crippen molar-refractivity contribution in [1.82, 2.24) is 29.1 Å². The third kappa shape index (κ3) is 15.3. The van der Waals surface area contributed by atoms with E-state index < -0.39 is 5.60 Å². The van der Waals surface area contributed by atoms with E-state index in [1.807, 2.05) is 71.5 Å². The standard InChI is InChI=1S/C36H22N4S.C18H11BrS.C18H12N4.C12H27P.C4H9O.CH4.Na/c1-4-14-33-27(7-1)28-9-5-8-26(35(28)41-33)23-15-17-25(18-16-23)39-30-11-2-3-12-31(30)40-34-29(10-6-13-32(34)39)38-36(40)24-19-21-37-22-20-24;19-13-10-8-12(9-11-13)14-5-3-6-16-15-4-1-2-7-17(15)20-18(14)16;1-2-7-16-13(4-1)20-14-5-3-6-15-17(14)22(16)18(21-15)12-8-10-19-11-9-12;1-10(2,3)13(11(4,5)6)12(7,8)9;1-4(2,3)5;;/h1-22H;1-11H;1-11,20H;1-9H3;1-3H3;1H4;/q;;;;-1;;+1. The van der Waals surface area contributed by atoms with E-state index >= 15 is 0 Å². The maximum Gasteiger partial charge on any atom is 1.00 e. The van der Waals surface area contributed by atoms with Crippen LogP contribution in [0.25, 0.3) is 119 Å². The molecule has 0 fully saturated rings. The van der Waals surface area contributed by atoms with Crippen molar-refractivity contribution in [2.24, 2.45) is 0 Å². The van der Waals surface area contributed by atoms with Gasteiger partial charge in [-0.1, -0.05) is 248 Å². The first-order chi connectivity index (χ1) is 48.5. The average molecular weight is 1480 g/mol. The topological polar surface area (TPSA) is 99.8 Å². The van der Waals surface area contributed by atoms with Crippen molar-refractivity contribution in [2.45, 2.75) is 112 Å². The van der Waals surface area contributed by atoms with Crippen LogP contribution in [0.15, 0.2) is 272 Å². The molecule has 0 radical (unpaired) electrons. The van der Waals surface area contributed by atoms with Crippen LogP contribution in [0.2, 0.25) is 0 Å². The number of hydrogen-bond donors (Lipinski definition) is 1. The predicted octanol–water partition coefficient (Wildman–Crippen LogP) is 23.2. The van der Waals surface area contributed by atoms with E-state index in [0.29, 0.717) is 15.5 Å². The van der Waals surface area contributed by atoms with Gasteiger partial charge >= 0.3 is 29.6 Å². The molecule has 14 heteroatoms. The van der Waals surface area contributed by atoms with Crippen LogP contribution in [-0.2, 0) is 0 Å². The second-order valence-corrected chi connectivity index (χ2v) is 37.1. The molecule has 0 bridgehead atoms. The summed E-state index contributed by atoms with van der Waals surface area (Å²) < 4.78 is 11.0. The van der Waals surface area contributed by atoms with Crippen LogP contribution in [0.5, 0.6) is 0 Å². The molecule has 103 heavy (non-hydrogen) atoms. The van der Waals surface area contributed by atoms with E-state index in [0.717, 1.165) is 89.1 Å². The van der Waals surface area contributed by atoms with Gasteiger partial charge in [0.1, 0.15) is 11.6 Å². The number of pyridine rings is 2. The molecule has 8 heterocycles. The molecule has 16 aromatic rings. The molecule has 0 saturated carbocycles. The fourth-order valence-electron chi connectivity index (χ4n) is 14.9. The average Bonchev–Trinajstić information content (AvgIpc) is 1.62. The van der Waals surface area contributed by atoms with Gasteiger partial charge in [-0.3, -0.25) is 19.1 Å². The molecule has 10 aromatic carbocycles. The van der Waals surface area contributed by atoms with Crippen molar-refractivity contribution in [3.05, 3.63) is 272 Å². The Labute approximate surface area is 645 Å². The van der Waals surface area contributed by atoms with E-state index in [-0.39, 0.29) is 44.9 Å². The molecule has 0 spiro atoms. The number of aromatic nitrogens is 6. The van der Waals surface area contributed by atoms with Gasteiger partial charge in [0.25, 0.3) is 0 Å². The van der Waals surface area contributed by atoms with Crippen LogP contribution in [0.1, 0.15) is 90.5 Å². The van der Waals surface area contributed by atoms with E-state index in [4.69, 9.17) is 9.97 Å².